The third kappa shape index (κ3) is 4.87. The van der Waals surface area contributed by atoms with Gasteiger partial charge in [0.25, 0.3) is 5.91 Å². The molecule has 32 heavy (non-hydrogen) atoms. The molecular weight excluding hydrogens is 432 g/mol. The number of rotatable bonds is 6. The quantitative estimate of drug-likeness (QED) is 0.558. The molecule has 168 valence electrons. The molecule has 0 unspecified atom stereocenters. The van der Waals surface area contributed by atoms with Crippen LogP contribution in [-0.2, 0) is 6.54 Å². The molecule has 0 bridgehead atoms. The predicted molar refractivity (Wildman–Crippen MR) is 120 cm³/mol. The topological polar surface area (TPSA) is 80.9 Å². The first kappa shape index (κ1) is 22.1. The van der Waals surface area contributed by atoms with Crippen LogP contribution in [0.5, 0.6) is 11.5 Å². The van der Waals surface area contributed by atoms with Crippen LogP contribution < -0.4 is 9.47 Å². The van der Waals surface area contributed by atoms with Gasteiger partial charge in [0.1, 0.15) is 0 Å². The summed E-state index contributed by atoms with van der Waals surface area (Å²) in [6, 6.07) is 12.6. The Hall–Kier alpha value is -3.10. The van der Waals surface area contributed by atoms with Crippen LogP contribution in [0.2, 0.25) is 5.02 Å². The zero-order valence-corrected chi connectivity index (χ0v) is 18.8. The average molecular weight is 457 g/mol. The Morgan fingerprint density at radius 1 is 1.06 bits per heavy atom. The lowest BCUT2D eigenvalue weighted by Crippen LogP contribution is -2.35. The van der Waals surface area contributed by atoms with Crippen molar-refractivity contribution in [3.63, 3.8) is 0 Å². The van der Waals surface area contributed by atoms with Gasteiger partial charge in [0, 0.05) is 31.7 Å². The van der Waals surface area contributed by atoms with Crippen LogP contribution in [0.25, 0.3) is 11.4 Å². The second-order valence-corrected chi connectivity index (χ2v) is 7.89. The Kier molecular flexibility index (Phi) is 6.92. The summed E-state index contributed by atoms with van der Waals surface area (Å²) in [6.07, 6.45) is 0.854. The molecule has 3 aromatic rings. The lowest BCUT2D eigenvalue weighted by Gasteiger charge is -2.21. The number of methoxy groups -OCH3 is 2. The van der Waals surface area contributed by atoms with E-state index in [9.17, 15) is 4.79 Å². The lowest BCUT2D eigenvalue weighted by molar-refractivity contribution is 0.0760. The van der Waals surface area contributed by atoms with Crippen molar-refractivity contribution >= 4 is 17.5 Å². The highest BCUT2D eigenvalue weighted by molar-refractivity contribution is 6.33. The summed E-state index contributed by atoms with van der Waals surface area (Å²) >= 11 is 6.20. The summed E-state index contributed by atoms with van der Waals surface area (Å²) < 4.78 is 16.1. The molecule has 0 spiro atoms. The number of carbonyl (C=O) groups excluding carboxylic acids is 1. The minimum absolute atomic E-state index is 0.0361. The number of amides is 1. The van der Waals surface area contributed by atoms with Gasteiger partial charge in [-0.1, -0.05) is 28.9 Å². The predicted octanol–water partition coefficient (Wildman–Crippen LogP) is 3.76. The summed E-state index contributed by atoms with van der Waals surface area (Å²) in [5, 5.41) is 4.59. The first-order chi connectivity index (χ1) is 15.6. The molecule has 0 N–H and O–H groups in total. The van der Waals surface area contributed by atoms with Crippen molar-refractivity contribution in [2.75, 3.05) is 40.4 Å². The Bertz CT molecular complexity index is 1090. The van der Waals surface area contributed by atoms with Crippen molar-refractivity contribution in [2.24, 2.45) is 0 Å². The smallest absolute Gasteiger partial charge is 0.255 e. The maximum absolute atomic E-state index is 12.9. The SMILES string of the molecule is COc1ccc(-c2noc(CN3CCCN(C(=O)c4ccccc4Cl)CC3)n2)cc1OC. The molecule has 0 saturated carbocycles. The number of aromatic nitrogens is 2. The zero-order chi connectivity index (χ0) is 22.5. The molecule has 2 heterocycles. The summed E-state index contributed by atoms with van der Waals surface area (Å²) in [7, 11) is 3.18. The van der Waals surface area contributed by atoms with Crippen LogP contribution >= 0.6 is 11.6 Å². The van der Waals surface area contributed by atoms with Crippen molar-refractivity contribution in [2.45, 2.75) is 13.0 Å². The van der Waals surface area contributed by atoms with E-state index in [1.54, 1.807) is 26.4 Å². The van der Waals surface area contributed by atoms with Gasteiger partial charge in [-0.05, 0) is 36.8 Å². The highest BCUT2D eigenvalue weighted by atomic mass is 35.5. The molecule has 1 amide bonds. The molecule has 1 saturated heterocycles. The van der Waals surface area contributed by atoms with E-state index in [0.717, 1.165) is 18.5 Å². The molecule has 8 nitrogen and oxygen atoms in total. The Morgan fingerprint density at radius 3 is 2.66 bits per heavy atom. The van der Waals surface area contributed by atoms with Crippen LogP contribution in [0.4, 0.5) is 0 Å². The number of ether oxygens (including phenoxy) is 2. The van der Waals surface area contributed by atoms with E-state index in [2.05, 4.69) is 15.0 Å². The minimum atomic E-state index is -0.0361. The van der Waals surface area contributed by atoms with Crippen LogP contribution in [0.1, 0.15) is 22.7 Å². The van der Waals surface area contributed by atoms with Gasteiger partial charge in [0.15, 0.2) is 11.5 Å². The second-order valence-electron chi connectivity index (χ2n) is 7.48. The molecule has 9 heteroatoms. The van der Waals surface area contributed by atoms with Crippen molar-refractivity contribution < 1.29 is 18.8 Å². The number of halogens is 1. The van der Waals surface area contributed by atoms with E-state index in [1.165, 1.54) is 0 Å². The van der Waals surface area contributed by atoms with E-state index in [0.29, 0.717) is 60.0 Å². The fraction of sp³-hybridized carbons (Fsp3) is 0.348. The van der Waals surface area contributed by atoms with Gasteiger partial charge < -0.3 is 18.9 Å². The van der Waals surface area contributed by atoms with E-state index < -0.39 is 0 Å². The van der Waals surface area contributed by atoms with E-state index in [1.807, 2.05) is 35.2 Å². The van der Waals surface area contributed by atoms with Crippen molar-refractivity contribution in [1.29, 1.82) is 0 Å². The lowest BCUT2D eigenvalue weighted by atomic mass is 10.2. The summed E-state index contributed by atoms with van der Waals surface area (Å²) in [4.78, 5) is 21.5. The van der Waals surface area contributed by atoms with Crippen LogP contribution in [0.15, 0.2) is 47.0 Å². The highest BCUT2D eigenvalue weighted by Crippen LogP contribution is 2.31. The van der Waals surface area contributed by atoms with Crippen molar-refractivity contribution in [3.05, 3.63) is 58.9 Å². The number of hydrogen-bond acceptors (Lipinski definition) is 7. The van der Waals surface area contributed by atoms with Gasteiger partial charge in [-0.2, -0.15) is 4.98 Å². The number of hydrogen-bond donors (Lipinski definition) is 0. The molecule has 1 aliphatic rings. The standard InChI is InChI=1S/C23H25ClN4O4/c1-30-19-9-8-16(14-20(19)31-2)22-25-21(32-26-22)15-27-10-5-11-28(13-12-27)23(29)17-6-3-4-7-18(17)24/h3-4,6-9,14H,5,10-13,15H2,1-2H3. The Morgan fingerprint density at radius 2 is 1.88 bits per heavy atom. The van der Waals surface area contributed by atoms with Gasteiger partial charge in [-0.3, -0.25) is 9.69 Å². The number of nitrogens with zero attached hydrogens (tertiary/aromatic N) is 4. The molecule has 1 aliphatic heterocycles. The van der Waals surface area contributed by atoms with E-state index in [4.69, 9.17) is 25.6 Å². The van der Waals surface area contributed by atoms with E-state index >= 15 is 0 Å². The third-order valence-electron chi connectivity index (χ3n) is 5.45. The van der Waals surface area contributed by atoms with Crippen LogP contribution in [0, 0.1) is 0 Å². The van der Waals surface area contributed by atoms with Gasteiger partial charge in [-0.15, -0.1) is 0 Å². The summed E-state index contributed by atoms with van der Waals surface area (Å²) in [5.74, 6) is 2.23. The van der Waals surface area contributed by atoms with Crippen LogP contribution in [0.3, 0.4) is 0 Å². The normalized spacial score (nSPS) is 14.8. The fourth-order valence-electron chi connectivity index (χ4n) is 3.74. The highest BCUT2D eigenvalue weighted by Gasteiger charge is 2.23. The molecular formula is C23H25ClN4O4. The monoisotopic (exact) mass is 456 g/mol. The van der Waals surface area contributed by atoms with Crippen molar-refractivity contribution in [1.82, 2.24) is 19.9 Å². The number of carbonyl (C=O) groups is 1. The van der Waals surface area contributed by atoms with Gasteiger partial charge in [-0.25, -0.2) is 0 Å². The molecule has 4 rings (SSSR count). The Balaban J connectivity index is 1.39. The summed E-state index contributed by atoms with van der Waals surface area (Å²) in [6.45, 7) is 3.36. The van der Waals surface area contributed by atoms with Gasteiger partial charge in [0.2, 0.25) is 11.7 Å². The maximum atomic E-state index is 12.9. The van der Waals surface area contributed by atoms with Gasteiger partial charge >= 0.3 is 0 Å². The van der Waals surface area contributed by atoms with Crippen LogP contribution in [-0.4, -0.2) is 66.2 Å². The zero-order valence-electron chi connectivity index (χ0n) is 18.1. The van der Waals surface area contributed by atoms with Crippen molar-refractivity contribution in [3.8, 4) is 22.9 Å². The largest absolute Gasteiger partial charge is 0.493 e. The maximum Gasteiger partial charge on any atom is 0.255 e. The average Bonchev–Trinajstić information content (AvgIpc) is 3.16. The molecule has 2 aromatic carbocycles. The molecule has 0 aliphatic carbocycles. The molecule has 1 aromatic heterocycles. The minimum Gasteiger partial charge on any atom is -0.493 e. The second kappa shape index (κ2) is 10.0. The van der Waals surface area contributed by atoms with E-state index in [-0.39, 0.29) is 5.91 Å². The first-order valence-corrected chi connectivity index (χ1v) is 10.8. The fourth-order valence-corrected chi connectivity index (χ4v) is 3.96. The summed E-state index contributed by atoms with van der Waals surface area (Å²) in [5.41, 5.74) is 1.32. The number of benzene rings is 2. The molecule has 0 radical (unpaired) electrons. The Labute approximate surface area is 191 Å². The third-order valence-corrected chi connectivity index (χ3v) is 5.78. The molecule has 1 fully saturated rings. The van der Waals surface area contributed by atoms with Gasteiger partial charge in [0.05, 0.1) is 31.4 Å². The molecule has 0 atom stereocenters. The first-order valence-electron chi connectivity index (χ1n) is 10.4.